The molecule has 0 amide bonds. The van der Waals surface area contributed by atoms with Crippen LogP contribution in [0.25, 0.3) is 0 Å². The Hall–Kier alpha value is -0.400. The molecule has 0 aromatic carbocycles. The molecular weight excluding hydrogens is 174 g/mol. The molecule has 0 aromatic heterocycles. The molecule has 0 aliphatic rings. The van der Waals surface area contributed by atoms with Gasteiger partial charge >= 0.3 is 0 Å². The Morgan fingerprint density at radius 2 is 1.86 bits per heavy atom. The predicted octanol–water partition coefficient (Wildman–Crippen LogP) is 4.53. The average Bonchev–Trinajstić information content (AvgIpc) is 2.12. The van der Waals surface area contributed by atoms with Crippen LogP contribution in [0.1, 0.15) is 66.2 Å². The van der Waals surface area contributed by atoms with Crippen molar-refractivity contribution in [2.45, 2.75) is 72.3 Å². The van der Waals surface area contributed by atoms with E-state index in [0.29, 0.717) is 5.41 Å². The minimum absolute atomic E-state index is 0.0485. The smallest absolute Gasteiger partial charge is 0.0917 e. The van der Waals surface area contributed by atoms with Crippen LogP contribution in [-0.2, 0) is 0 Å². The summed E-state index contributed by atoms with van der Waals surface area (Å²) in [5, 5.41) is 3.12. The molecule has 14 heavy (non-hydrogen) atoms. The van der Waals surface area contributed by atoms with Crippen molar-refractivity contribution in [3.05, 3.63) is 4.91 Å². The van der Waals surface area contributed by atoms with E-state index in [0.717, 1.165) is 19.3 Å². The monoisotopic (exact) mass is 199 g/mol. The lowest BCUT2D eigenvalue weighted by Crippen LogP contribution is -2.12. The highest BCUT2D eigenvalue weighted by Gasteiger charge is 2.16. The lowest BCUT2D eigenvalue weighted by atomic mass is 9.82. The van der Waals surface area contributed by atoms with Gasteiger partial charge in [-0.2, -0.15) is 4.91 Å². The fourth-order valence-electron chi connectivity index (χ4n) is 1.95. The van der Waals surface area contributed by atoms with E-state index in [1.54, 1.807) is 0 Å². The first-order valence-corrected chi connectivity index (χ1v) is 5.88. The second-order valence-electron chi connectivity index (χ2n) is 4.97. The summed E-state index contributed by atoms with van der Waals surface area (Å²) in [6, 6.07) is 0.0485. The van der Waals surface area contributed by atoms with E-state index in [-0.39, 0.29) is 6.04 Å². The minimum atomic E-state index is 0.0485. The molecule has 0 rings (SSSR count). The molecule has 0 saturated heterocycles. The van der Waals surface area contributed by atoms with Crippen molar-refractivity contribution in [1.82, 2.24) is 0 Å². The van der Waals surface area contributed by atoms with Crippen LogP contribution in [0.3, 0.4) is 0 Å². The van der Waals surface area contributed by atoms with Gasteiger partial charge in [-0.15, -0.1) is 0 Å². The molecule has 2 nitrogen and oxygen atoms in total. The van der Waals surface area contributed by atoms with E-state index >= 15 is 0 Å². The average molecular weight is 199 g/mol. The van der Waals surface area contributed by atoms with Crippen molar-refractivity contribution < 1.29 is 0 Å². The van der Waals surface area contributed by atoms with Crippen LogP contribution in [0.2, 0.25) is 0 Å². The summed E-state index contributed by atoms with van der Waals surface area (Å²) in [5.41, 5.74) is 0.440. The number of rotatable bonds is 8. The van der Waals surface area contributed by atoms with Gasteiger partial charge in [-0.25, -0.2) is 0 Å². The van der Waals surface area contributed by atoms with Gasteiger partial charge < -0.3 is 0 Å². The second-order valence-corrected chi connectivity index (χ2v) is 4.97. The molecule has 0 heterocycles. The van der Waals surface area contributed by atoms with E-state index in [1.807, 2.05) is 6.92 Å². The zero-order valence-electron chi connectivity index (χ0n) is 10.2. The maximum absolute atomic E-state index is 10.4. The topological polar surface area (TPSA) is 29.4 Å². The summed E-state index contributed by atoms with van der Waals surface area (Å²) in [5.74, 6) is 0. The quantitative estimate of drug-likeness (QED) is 0.528. The van der Waals surface area contributed by atoms with Crippen molar-refractivity contribution in [1.29, 1.82) is 0 Å². The molecule has 2 heteroatoms. The largest absolute Gasteiger partial charge is 0.151 e. The summed E-state index contributed by atoms with van der Waals surface area (Å²) in [7, 11) is 0. The highest BCUT2D eigenvalue weighted by molar-refractivity contribution is 4.70. The molecule has 1 atom stereocenters. The van der Waals surface area contributed by atoms with Gasteiger partial charge in [0, 0.05) is 0 Å². The first kappa shape index (κ1) is 13.6. The summed E-state index contributed by atoms with van der Waals surface area (Å²) in [6.45, 7) is 8.88. The molecule has 0 aromatic rings. The summed E-state index contributed by atoms with van der Waals surface area (Å²) in [6.07, 6.45) is 6.73. The van der Waals surface area contributed by atoms with Gasteiger partial charge in [0.2, 0.25) is 0 Å². The van der Waals surface area contributed by atoms with Crippen LogP contribution in [0, 0.1) is 10.3 Å². The predicted molar refractivity (Wildman–Crippen MR) is 62.4 cm³/mol. The lowest BCUT2D eigenvalue weighted by Gasteiger charge is -2.24. The van der Waals surface area contributed by atoms with Crippen molar-refractivity contribution in [2.24, 2.45) is 10.6 Å². The van der Waals surface area contributed by atoms with E-state index in [9.17, 15) is 4.91 Å². The molecule has 84 valence electrons. The van der Waals surface area contributed by atoms with Gasteiger partial charge in [-0.3, -0.25) is 0 Å². The number of hydrogen-bond acceptors (Lipinski definition) is 2. The Kier molecular flexibility index (Phi) is 6.77. The van der Waals surface area contributed by atoms with Gasteiger partial charge in [-0.1, -0.05) is 45.7 Å². The maximum Gasteiger partial charge on any atom is 0.0917 e. The minimum Gasteiger partial charge on any atom is -0.151 e. The van der Waals surface area contributed by atoms with E-state index in [1.165, 1.54) is 19.3 Å². The maximum atomic E-state index is 10.4. The van der Waals surface area contributed by atoms with E-state index < -0.39 is 0 Å². The van der Waals surface area contributed by atoms with Crippen LogP contribution < -0.4 is 0 Å². The van der Waals surface area contributed by atoms with E-state index in [2.05, 4.69) is 25.9 Å². The SMILES string of the molecule is CCCC(C)(C)CCCC(CC)N=O. The summed E-state index contributed by atoms with van der Waals surface area (Å²) in [4.78, 5) is 10.4. The van der Waals surface area contributed by atoms with Crippen LogP contribution in [0.4, 0.5) is 0 Å². The Bertz CT molecular complexity index is 154. The normalized spacial score (nSPS) is 14.0. The molecule has 0 bridgehead atoms. The van der Waals surface area contributed by atoms with Gasteiger partial charge in [-0.05, 0) is 31.1 Å². The Labute approximate surface area is 88.4 Å². The van der Waals surface area contributed by atoms with Crippen molar-refractivity contribution >= 4 is 0 Å². The van der Waals surface area contributed by atoms with Crippen molar-refractivity contribution in [2.75, 3.05) is 0 Å². The zero-order valence-corrected chi connectivity index (χ0v) is 10.2. The Morgan fingerprint density at radius 3 is 2.29 bits per heavy atom. The molecule has 0 aliphatic heterocycles. The zero-order chi connectivity index (χ0) is 11.0. The molecule has 0 radical (unpaired) electrons. The summed E-state index contributed by atoms with van der Waals surface area (Å²) >= 11 is 0. The van der Waals surface area contributed by atoms with Gasteiger partial charge in [0.25, 0.3) is 0 Å². The molecule has 0 N–H and O–H groups in total. The molecular formula is C12H25NO. The highest BCUT2D eigenvalue weighted by atomic mass is 16.3. The first-order chi connectivity index (χ1) is 6.55. The highest BCUT2D eigenvalue weighted by Crippen LogP contribution is 2.29. The molecule has 1 unspecified atom stereocenters. The number of hydrogen-bond donors (Lipinski definition) is 0. The number of nitroso groups, excluding NO2 is 1. The Balaban J connectivity index is 3.66. The van der Waals surface area contributed by atoms with Crippen LogP contribution in [-0.4, -0.2) is 6.04 Å². The Morgan fingerprint density at radius 1 is 1.21 bits per heavy atom. The fraction of sp³-hybridized carbons (Fsp3) is 1.00. The third-order valence-corrected chi connectivity index (χ3v) is 2.94. The molecule has 0 saturated carbocycles. The van der Waals surface area contributed by atoms with Crippen LogP contribution in [0.5, 0.6) is 0 Å². The van der Waals surface area contributed by atoms with Crippen LogP contribution in [0.15, 0.2) is 5.18 Å². The van der Waals surface area contributed by atoms with Crippen LogP contribution >= 0.6 is 0 Å². The van der Waals surface area contributed by atoms with Crippen molar-refractivity contribution in [3.63, 3.8) is 0 Å². The third kappa shape index (κ3) is 6.11. The molecule has 0 fully saturated rings. The lowest BCUT2D eigenvalue weighted by molar-refractivity contribution is 0.288. The third-order valence-electron chi connectivity index (χ3n) is 2.94. The second kappa shape index (κ2) is 6.97. The van der Waals surface area contributed by atoms with Crippen molar-refractivity contribution in [3.8, 4) is 0 Å². The van der Waals surface area contributed by atoms with Gasteiger partial charge in [0.05, 0.1) is 6.04 Å². The molecule has 0 aliphatic carbocycles. The first-order valence-electron chi connectivity index (χ1n) is 5.88. The van der Waals surface area contributed by atoms with E-state index in [4.69, 9.17) is 0 Å². The fourth-order valence-corrected chi connectivity index (χ4v) is 1.95. The summed E-state index contributed by atoms with van der Waals surface area (Å²) < 4.78 is 0. The standard InChI is InChI=1S/C12H25NO/c1-5-9-12(3,4)10-7-8-11(6-2)13-14/h11H,5-10H2,1-4H3. The molecule has 0 spiro atoms. The number of nitrogens with zero attached hydrogens (tertiary/aromatic N) is 1. The van der Waals surface area contributed by atoms with Gasteiger partial charge in [0.1, 0.15) is 0 Å². The van der Waals surface area contributed by atoms with Gasteiger partial charge in [0.15, 0.2) is 0 Å².